The van der Waals surface area contributed by atoms with E-state index in [0.717, 1.165) is 24.8 Å². The summed E-state index contributed by atoms with van der Waals surface area (Å²) in [6.07, 6.45) is 4.97. The second-order valence-electron chi connectivity index (χ2n) is 15.5. The fraction of sp³-hybridized carbons (Fsp3) is 0.686. The first-order valence-electron chi connectivity index (χ1n) is 17.1. The highest BCUT2D eigenvalue weighted by molar-refractivity contribution is 6.77. The summed E-state index contributed by atoms with van der Waals surface area (Å²) in [6.45, 7) is 24.2. The average molecular weight is 689 g/mol. The standard InChI is InChI=1S/C35H58ClN5O3Si2/c1-23(2)46(24(3)4,25(5)6)43-19-18-40-31-27(22-41(33(40)42)30-15-13-12-14-29(30)36)21-37-32(38-31)39(11)35(44-45)17-16-28(20-26(35)7)34(8,9)10/h12-15,21,23-26,28H,16-20,22H2,1-11,45H3. The largest absolute Gasteiger partial charge is 0.414 e. The Balaban J connectivity index is 1.71. The van der Waals surface area contributed by atoms with Crippen LogP contribution in [0.2, 0.25) is 21.6 Å². The predicted octanol–water partition coefficient (Wildman–Crippen LogP) is 8.18. The predicted molar refractivity (Wildman–Crippen MR) is 198 cm³/mol. The number of fused-ring (bicyclic) bond motifs is 1. The van der Waals surface area contributed by atoms with Gasteiger partial charge in [0.15, 0.2) is 8.32 Å². The van der Waals surface area contributed by atoms with Crippen LogP contribution in [-0.4, -0.2) is 60.7 Å². The van der Waals surface area contributed by atoms with Crippen molar-refractivity contribution in [2.45, 2.75) is 117 Å². The highest BCUT2D eigenvalue weighted by Gasteiger charge is 2.48. The maximum Gasteiger partial charge on any atom is 0.330 e. The average Bonchev–Trinajstić information content (AvgIpc) is 2.99. The molecule has 1 aromatic heterocycles. The van der Waals surface area contributed by atoms with Crippen LogP contribution in [0.1, 0.15) is 94.1 Å². The Hall–Kier alpha value is -1.99. The van der Waals surface area contributed by atoms with Crippen LogP contribution < -0.4 is 14.7 Å². The lowest BCUT2D eigenvalue weighted by molar-refractivity contribution is -0.0433. The van der Waals surface area contributed by atoms with Crippen molar-refractivity contribution in [3.8, 4) is 0 Å². The molecule has 0 spiro atoms. The van der Waals surface area contributed by atoms with E-state index in [1.165, 1.54) is 0 Å². The van der Waals surface area contributed by atoms with Crippen molar-refractivity contribution in [1.82, 2.24) is 9.97 Å². The molecular weight excluding hydrogens is 630 g/mol. The molecular formula is C35H58ClN5O3Si2. The van der Waals surface area contributed by atoms with Crippen LogP contribution >= 0.6 is 11.6 Å². The molecule has 256 valence electrons. The van der Waals surface area contributed by atoms with E-state index in [0.29, 0.717) is 81.1 Å². The molecule has 0 radical (unpaired) electrons. The molecule has 0 N–H and O–H groups in total. The minimum Gasteiger partial charge on any atom is -0.414 e. The molecule has 2 aromatic rings. The van der Waals surface area contributed by atoms with Gasteiger partial charge in [-0.05, 0) is 59.4 Å². The molecule has 1 aliphatic heterocycles. The summed E-state index contributed by atoms with van der Waals surface area (Å²) in [5.74, 6) is 2.15. The van der Waals surface area contributed by atoms with E-state index in [9.17, 15) is 4.79 Å². The summed E-state index contributed by atoms with van der Waals surface area (Å²) in [4.78, 5) is 30.0. The number of aromatic nitrogens is 2. The lowest BCUT2D eigenvalue weighted by Gasteiger charge is -2.52. The van der Waals surface area contributed by atoms with E-state index in [2.05, 4.69) is 81.2 Å². The number of nitrogens with zero attached hydrogens (tertiary/aromatic N) is 5. The van der Waals surface area contributed by atoms with E-state index in [-0.39, 0.29) is 11.4 Å². The topological polar surface area (TPSA) is 71.0 Å². The Morgan fingerprint density at radius 1 is 1.13 bits per heavy atom. The van der Waals surface area contributed by atoms with Crippen LogP contribution in [0.3, 0.4) is 0 Å². The lowest BCUT2D eigenvalue weighted by Crippen LogP contribution is -2.57. The van der Waals surface area contributed by atoms with E-state index in [1.807, 2.05) is 30.5 Å². The van der Waals surface area contributed by atoms with Crippen molar-refractivity contribution in [1.29, 1.82) is 0 Å². The summed E-state index contributed by atoms with van der Waals surface area (Å²) >= 11 is 6.62. The van der Waals surface area contributed by atoms with Gasteiger partial charge in [-0.2, -0.15) is 4.98 Å². The molecule has 0 saturated heterocycles. The normalized spacial score (nSPS) is 22.7. The van der Waals surface area contributed by atoms with Crippen molar-refractivity contribution in [2.24, 2.45) is 17.3 Å². The van der Waals surface area contributed by atoms with E-state index < -0.39 is 14.0 Å². The number of benzene rings is 1. The number of anilines is 3. The minimum absolute atomic E-state index is 0.157. The molecule has 3 unspecified atom stereocenters. The Kier molecular flexibility index (Phi) is 11.4. The van der Waals surface area contributed by atoms with Crippen LogP contribution in [0.4, 0.5) is 22.2 Å². The third-order valence-corrected chi connectivity index (χ3v) is 18.2. The highest BCUT2D eigenvalue weighted by atomic mass is 35.5. The molecule has 1 aliphatic carbocycles. The number of halogens is 1. The van der Waals surface area contributed by atoms with Gasteiger partial charge in [-0.15, -0.1) is 0 Å². The Bertz CT molecular complexity index is 1350. The SMILES string of the molecule is CC1CC(C(C)(C)C)CCC1(O[SiH3])N(C)c1ncc2c(n1)N(CCO[Si](C(C)C)(C(C)C)C(C)C)C(=O)N(c1ccccc1Cl)C2. The summed E-state index contributed by atoms with van der Waals surface area (Å²) < 4.78 is 13.4. The zero-order valence-electron chi connectivity index (χ0n) is 30.4. The van der Waals surface area contributed by atoms with Gasteiger partial charge in [0.05, 0.1) is 30.4 Å². The fourth-order valence-electron chi connectivity index (χ4n) is 8.49. The number of amides is 2. The second kappa shape index (κ2) is 14.2. The molecule has 46 heavy (non-hydrogen) atoms. The molecule has 1 aromatic carbocycles. The van der Waals surface area contributed by atoms with Gasteiger partial charge in [-0.25, -0.2) is 9.78 Å². The van der Waals surface area contributed by atoms with Crippen LogP contribution in [0.5, 0.6) is 0 Å². The van der Waals surface area contributed by atoms with Crippen molar-refractivity contribution >= 4 is 53.9 Å². The molecule has 2 heterocycles. The Morgan fingerprint density at radius 2 is 1.76 bits per heavy atom. The number of urea groups is 1. The summed E-state index contributed by atoms with van der Waals surface area (Å²) in [5.41, 5.74) is 2.67. The van der Waals surface area contributed by atoms with Gasteiger partial charge >= 0.3 is 6.03 Å². The first-order chi connectivity index (χ1) is 21.5. The molecule has 2 amide bonds. The second-order valence-corrected chi connectivity index (χ2v) is 21.8. The third kappa shape index (κ3) is 6.79. The van der Waals surface area contributed by atoms with Gasteiger partial charge in [-0.1, -0.05) is 93.0 Å². The zero-order valence-corrected chi connectivity index (χ0v) is 34.1. The molecule has 11 heteroatoms. The molecule has 0 bridgehead atoms. The van der Waals surface area contributed by atoms with Crippen LogP contribution in [0.15, 0.2) is 30.5 Å². The molecule has 8 nitrogen and oxygen atoms in total. The van der Waals surface area contributed by atoms with Gasteiger partial charge in [-0.3, -0.25) is 9.80 Å². The number of para-hydroxylation sites is 1. The summed E-state index contributed by atoms with van der Waals surface area (Å²) in [5, 5.41) is 0.532. The molecule has 1 saturated carbocycles. The quantitative estimate of drug-likeness (QED) is 0.175. The van der Waals surface area contributed by atoms with Crippen molar-refractivity contribution in [3.63, 3.8) is 0 Å². The minimum atomic E-state index is -2.14. The lowest BCUT2D eigenvalue weighted by atomic mass is 9.66. The van der Waals surface area contributed by atoms with Crippen molar-refractivity contribution in [3.05, 3.63) is 41.0 Å². The Morgan fingerprint density at radius 3 is 2.30 bits per heavy atom. The van der Waals surface area contributed by atoms with Crippen LogP contribution in [-0.2, 0) is 15.4 Å². The number of carbonyl (C=O) groups excluding carboxylic acids is 1. The number of hydrogen-bond acceptors (Lipinski definition) is 6. The number of rotatable bonds is 11. The number of hydrogen-bond donors (Lipinski definition) is 0. The maximum atomic E-state index is 14.3. The molecule has 4 rings (SSSR count). The van der Waals surface area contributed by atoms with E-state index >= 15 is 0 Å². The van der Waals surface area contributed by atoms with Crippen molar-refractivity contribution in [2.75, 3.05) is 34.9 Å². The Labute approximate surface area is 287 Å². The first kappa shape index (κ1) is 36.8. The van der Waals surface area contributed by atoms with Crippen LogP contribution in [0.25, 0.3) is 0 Å². The molecule has 3 atom stereocenters. The number of carbonyl (C=O) groups is 1. The smallest absolute Gasteiger partial charge is 0.330 e. The summed E-state index contributed by atoms with van der Waals surface area (Å²) in [6, 6.07) is 7.33. The van der Waals surface area contributed by atoms with Gasteiger partial charge in [0.2, 0.25) is 5.95 Å². The fourth-order valence-corrected chi connectivity index (χ4v) is 15.1. The van der Waals surface area contributed by atoms with Gasteiger partial charge in [0.25, 0.3) is 0 Å². The first-order valence-corrected chi connectivity index (χ1v) is 20.5. The maximum absolute atomic E-state index is 14.3. The third-order valence-electron chi connectivity index (χ3n) is 11.1. The molecule has 2 aliphatic rings. The monoisotopic (exact) mass is 687 g/mol. The van der Waals surface area contributed by atoms with Crippen LogP contribution in [0, 0.1) is 17.3 Å². The van der Waals surface area contributed by atoms with Gasteiger partial charge in [0.1, 0.15) is 22.0 Å². The highest BCUT2D eigenvalue weighted by Crippen LogP contribution is 2.48. The van der Waals surface area contributed by atoms with E-state index in [4.69, 9.17) is 30.4 Å². The van der Waals surface area contributed by atoms with Gasteiger partial charge in [0, 0.05) is 24.7 Å². The van der Waals surface area contributed by atoms with E-state index in [1.54, 1.807) is 9.80 Å². The zero-order chi connectivity index (χ0) is 34.2. The summed E-state index contributed by atoms with van der Waals surface area (Å²) in [7, 11) is 0.521. The van der Waals surface area contributed by atoms with Gasteiger partial charge < -0.3 is 13.8 Å². The molecule has 1 fully saturated rings. The van der Waals surface area contributed by atoms with Crippen molar-refractivity contribution < 1.29 is 13.6 Å².